The Kier molecular flexibility index (Phi) is 3.81. The molecule has 0 fully saturated rings. The Bertz CT molecular complexity index is 588. The van der Waals surface area contributed by atoms with E-state index in [1.165, 1.54) is 0 Å². The molecule has 0 saturated carbocycles. The van der Waals surface area contributed by atoms with Gasteiger partial charge in [0.1, 0.15) is 16.7 Å². The standard InChI is InChI=1S/C14H11ClN2O/c1-10-9-17-14(15)8-13(10)18-12-4-2-11(3-5-12)6-7-16/h2-5,8-9H,6H2,1H3. The second kappa shape index (κ2) is 5.52. The third-order valence-corrected chi connectivity index (χ3v) is 2.66. The van der Waals surface area contributed by atoms with Crippen molar-refractivity contribution >= 4 is 11.6 Å². The number of nitriles is 1. The Morgan fingerprint density at radius 3 is 2.72 bits per heavy atom. The maximum absolute atomic E-state index is 8.59. The van der Waals surface area contributed by atoms with Crippen LogP contribution in [0.5, 0.6) is 11.5 Å². The van der Waals surface area contributed by atoms with Crippen LogP contribution in [0.2, 0.25) is 5.15 Å². The molecule has 0 bridgehead atoms. The fourth-order valence-electron chi connectivity index (χ4n) is 1.48. The van der Waals surface area contributed by atoms with Crippen LogP contribution >= 0.6 is 11.6 Å². The molecule has 1 aromatic heterocycles. The van der Waals surface area contributed by atoms with Crippen molar-refractivity contribution in [2.24, 2.45) is 0 Å². The number of pyridine rings is 1. The van der Waals surface area contributed by atoms with Gasteiger partial charge in [0.2, 0.25) is 0 Å². The summed E-state index contributed by atoms with van der Waals surface area (Å²) in [4.78, 5) is 3.97. The molecule has 0 aliphatic heterocycles. The lowest BCUT2D eigenvalue weighted by atomic mass is 10.2. The zero-order chi connectivity index (χ0) is 13.0. The van der Waals surface area contributed by atoms with E-state index >= 15 is 0 Å². The normalized spacial score (nSPS) is 9.83. The van der Waals surface area contributed by atoms with Crippen LogP contribution in [0.4, 0.5) is 0 Å². The van der Waals surface area contributed by atoms with Crippen molar-refractivity contribution in [2.45, 2.75) is 13.3 Å². The van der Waals surface area contributed by atoms with Crippen LogP contribution in [0.3, 0.4) is 0 Å². The van der Waals surface area contributed by atoms with E-state index in [1.807, 2.05) is 31.2 Å². The van der Waals surface area contributed by atoms with Crippen molar-refractivity contribution in [3.8, 4) is 17.6 Å². The largest absolute Gasteiger partial charge is 0.457 e. The van der Waals surface area contributed by atoms with Gasteiger partial charge in [-0.2, -0.15) is 5.26 Å². The van der Waals surface area contributed by atoms with Crippen molar-refractivity contribution in [2.75, 3.05) is 0 Å². The summed E-state index contributed by atoms with van der Waals surface area (Å²) in [5.41, 5.74) is 1.88. The van der Waals surface area contributed by atoms with Gasteiger partial charge in [0.25, 0.3) is 0 Å². The lowest BCUT2D eigenvalue weighted by Gasteiger charge is -2.08. The molecule has 0 unspecified atom stereocenters. The zero-order valence-corrected chi connectivity index (χ0v) is 10.6. The van der Waals surface area contributed by atoms with E-state index in [9.17, 15) is 0 Å². The van der Waals surface area contributed by atoms with Gasteiger partial charge < -0.3 is 4.74 Å². The summed E-state index contributed by atoms with van der Waals surface area (Å²) >= 11 is 5.82. The van der Waals surface area contributed by atoms with E-state index in [0.29, 0.717) is 23.1 Å². The fourth-order valence-corrected chi connectivity index (χ4v) is 1.63. The highest BCUT2D eigenvalue weighted by Gasteiger charge is 2.03. The molecule has 1 heterocycles. The van der Waals surface area contributed by atoms with E-state index in [2.05, 4.69) is 11.1 Å². The van der Waals surface area contributed by atoms with Gasteiger partial charge in [-0.05, 0) is 24.6 Å². The van der Waals surface area contributed by atoms with Gasteiger partial charge in [0.15, 0.2) is 0 Å². The van der Waals surface area contributed by atoms with Crippen molar-refractivity contribution in [1.82, 2.24) is 4.98 Å². The number of hydrogen-bond donors (Lipinski definition) is 0. The molecule has 1 aromatic carbocycles. The average Bonchev–Trinajstić information content (AvgIpc) is 2.37. The molecular weight excluding hydrogens is 248 g/mol. The van der Waals surface area contributed by atoms with Gasteiger partial charge in [-0.15, -0.1) is 0 Å². The quantitative estimate of drug-likeness (QED) is 0.785. The average molecular weight is 259 g/mol. The maximum Gasteiger partial charge on any atom is 0.134 e. The third-order valence-electron chi connectivity index (χ3n) is 2.45. The summed E-state index contributed by atoms with van der Waals surface area (Å²) < 4.78 is 5.72. The summed E-state index contributed by atoms with van der Waals surface area (Å²) in [6, 6.07) is 11.2. The Labute approximate surface area is 111 Å². The minimum Gasteiger partial charge on any atom is -0.457 e. The van der Waals surface area contributed by atoms with E-state index in [4.69, 9.17) is 21.6 Å². The number of benzene rings is 1. The second-order valence-electron chi connectivity index (χ2n) is 3.85. The first-order chi connectivity index (χ1) is 8.69. The third kappa shape index (κ3) is 2.99. The molecule has 0 saturated heterocycles. The first-order valence-electron chi connectivity index (χ1n) is 5.45. The Morgan fingerprint density at radius 2 is 2.06 bits per heavy atom. The fraction of sp³-hybridized carbons (Fsp3) is 0.143. The van der Waals surface area contributed by atoms with Crippen LogP contribution in [-0.2, 0) is 6.42 Å². The summed E-state index contributed by atoms with van der Waals surface area (Å²) in [7, 11) is 0. The summed E-state index contributed by atoms with van der Waals surface area (Å²) in [5, 5.41) is 8.99. The molecule has 0 aliphatic carbocycles. The van der Waals surface area contributed by atoms with Crippen molar-refractivity contribution in [3.63, 3.8) is 0 Å². The molecule has 3 nitrogen and oxygen atoms in total. The number of aryl methyl sites for hydroxylation is 1. The number of hydrogen-bond acceptors (Lipinski definition) is 3. The van der Waals surface area contributed by atoms with Crippen molar-refractivity contribution < 1.29 is 4.74 Å². The lowest BCUT2D eigenvalue weighted by molar-refractivity contribution is 0.478. The highest BCUT2D eigenvalue weighted by Crippen LogP contribution is 2.26. The number of rotatable bonds is 3. The highest BCUT2D eigenvalue weighted by molar-refractivity contribution is 6.29. The monoisotopic (exact) mass is 258 g/mol. The predicted molar refractivity (Wildman–Crippen MR) is 69.8 cm³/mol. The van der Waals surface area contributed by atoms with Crippen LogP contribution < -0.4 is 4.74 Å². The number of aromatic nitrogens is 1. The lowest BCUT2D eigenvalue weighted by Crippen LogP contribution is -1.90. The highest BCUT2D eigenvalue weighted by atomic mass is 35.5. The van der Waals surface area contributed by atoms with Crippen LogP contribution in [-0.4, -0.2) is 4.98 Å². The van der Waals surface area contributed by atoms with Gasteiger partial charge in [-0.3, -0.25) is 0 Å². The molecule has 0 radical (unpaired) electrons. The molecule has 18 heavy (non-hydrogen) atoms. The molecule has 2 aromatic rings. The Balaban J connectivity index is 2.18. The topological polar surface area (TPSA) is 45.9 Å². The molecule has 0 spiro atoms. The molecule has 0 amide bonds. The second-order valence-corrected chi connectivity index (χ2v) is 4.24. The molecule has 4 heteroatoms. The number of nitrogens with zero attached hydrogens (tertiary/aromatic N) is 2. The number of ether oxygens (including phenoxy) is 1. The van der Waals surface area contributed by atoms with Gasteiger partial charge in [-0.1, -0.05) is 23.7 Å². The molecule has 0 aliphatic rings. The maximum atomic E-state index is 8.59. The van der Waals surface area contributed by atoms with Crippen molar-refractivity contribution in [3.05, 3.63) is 52.8 Å². The first-order valence-corrected chi connectivity index (χ1v) is 5.83. The van der Waals surface area contributed by atoms with Gasteiger partial charge in [0.05, 0.1) is 12.5 Å². The Hall–Kier alpha value is -2.05. The minimum absolute atomic E-state index is 0.400. The minimum atomic E-state index is 0.400. The molecule has 2 rings (SSSR count). The smallest absolute Gasteiger partial charge is 0.134 e. The predicted octanol–water partition coefficient (Wildman–Crippen LogP) is 3.90. The zero-order valence-electron chi connectivity index (χ0n) is 9.85. The number of halogens is 1. The van der Waals surface area contributed by atoms with Crippen LogP contribution in [0.25, 0.3) is 0 Å². The van der Waals surface area contributed by atoms with E-state index < -0.39 is 0 Å². The van der Waals surface area contributed by atoms with Crippen LogP contribution in [0.1, 0.15) is 11.1 Å². The summed E-state index contributed by atoms with van der Waals surface area (Å²) in [6.07, 6.45) is 2.07. The summed E-state index contributed by atoms with van der Waals surface area (Å²) in [6.45, 7) is 1.91. The van der Waals surface area contributed by atoms with Crippen LogP contribution in [0.15, 0.2) is 36.5 Å². The summed E-state index contributed by atoms with van der Waals surface area (Å²) in [5.74, 6) is 1.39. The van der Waals surface area contributed by atoms with Gasteiger partial charge >= 0.3 is 0 Å². The van der Waals surface area contributed by atoms with Crippen LogP contribution in [0, 0.1) is 18.3 Å². The molecule has 0 atom stereocenters. The SMILES string of the molecule is Cc1cnc(Cl)cc1Oc1ccc(CC#N)cc1. The van der Waals surface area contributed by atoms with Gasteiger partial charge in [0, 0.05) is 17.8 Å². The van der Waals surface area contributed by atoms with E-state index in [1.54, 1.807) is 12.3 Å². The first kappa shape index (κ1) is 12.4. The van der Waals surface area contributed by atoms with Gasteiger partial charge in [-0.25, -0.2) is 4.98 Å². The van der Waals surface area contributed by atoms with Crippen molar-refractivity contribution in [1.29, 1.82) is 5.26 Å². The molecule has 0 N–H and O–H groups in total. The Morgan fingerprint density at radius 1 is 1.33 bits per heavy atom. The van der Waals surface area contributed by atoms with E-state index in [-0.39, 0.29) is 0 Å². The molecular formula is C14H11ClN2O. The molecule has 90 valence electrons. The van der Waals surface area contributed by atoms with E-state index in [0.717, 1.165) is 11.1 Å².